The molecule has 0 aliphatic rings. The van der Waals surface area contributed by atoms with Crippen LogP contribution in [0.25, 0.3) is 0 Å². The van der Waals surface area contributed by atoms with Crippen LogP contribution in [0, 0.1) is 0 Å². The summed E-state index contributed by atoms with van der Waals surface area (Å²) in [5, 5.41) is 8.45. The number of rotatable bonds is 3. The van der Waals surface area contributed by atoms with E-state index in [-0.39, 0.29) is 6.04 Å². The number of hydrogen-bond donors (Lipinski definition) is 2. The summed E-state index contributed by atoms with van der Waals surface area (Å²) in [6, 6.07) is 7.82. The average Bonchev–Trinajstić information content (AvgIpc) is 2.25. The number of benzene rings is 1. The lowest BCUT2D eigenvalue weighted by Gasteiger charge is -2.10. The second-order valence-electron chi connectivity index (χ2n) is 3.95. The summed E-state index contributed by atoms with van der Waals surface area (Å²) in [4.78, 5) is 0. The molecular formula is C12H16ClN3S. The van der Waals surface area contributed by atoms with Crippen molar-refractivity contribution < 1.29 is 0 Å². The number of nitrogens with one attached hydrogen (secondary N) is 2. The van der Waals surface area contributed by atoms with Gasteiger partial charge in [0, 0.05) is 11.1 Å². The molecule has 3 nitrogen and oxygen atoms in total. The van der Waals surface area contributed by atoms with Gasteiger partial charge >= 0.3 is 0 Å². The molecule has 0 radical (unpaired) electrons. The van der Waals surface area contributed by atoms with Crippen molar-refractivity contribution in [1.82, 2.24) is 10.7 Å². The Kier molecular flexibility index (Phi) is 5.38. The zero-order valence-electron chi connectivity index (χ0n) is 10.1. The first-order valence-electron chi connectivity index (χ1n) is 5.36. The normalized spacial score (nSPS) is 11.5. The molecule has 0 amide bonds. The molecule has 0 heterocycles. The molecule has 17 heavy (non-hydrogen) atoms. The number of hydrogen-bond acceptors (Lipinski definition) is 2. The maximum atomic E-state index is 5.91. The van der Waals surface area contributed by atoms with Crippen molar-refractivity contribution in [1.29, 1.82) is 0 Å². The Morgan fingerprint density at radius 2 is 2.12 bits per heavy atom. The third kappa shape index (κ3) is 5.15. The Bertz CT molecular complexity index is 430. The Hall–Kier alpha value is -1.13. The number of thiocarbonyl (C=S) groups is 1. The highest BCUT2D eigenvalue weighted by Crippen LogP contribution is 2.11. The minimum atomic E-state index is 0.289. The van der Waals surface area contributed by atoms with Crippen LogP contribution in [0.4, 0.5) is 0 Å². The molecule has 0 spiro atoms. The largest absolute Gasteiger partial charge is 0.359 e. The second-order valence-corrected chi connectivity index (χ2v) is 4.79. The highest BCUT2D eigenvalue weighted by molar-refractivity contribution is 7.80. The van der Waals surface area contributed by atoms with Gasteiger partial charge in [0.1, 0.15) is 0 Å². The van der Waals surface area contributed by atoms with Gasteiger partial charge in [0.25, 0.3) is 0 Å². The molecule has 0 aromatic heterocycles. The summed E-state index contributed by atoms with van der Waals surface area (Å²) in [6.45, 7) is 5.93. The van der Waals surface area contributed by atoms with E-state index in [1.54, 1.807) is 0 Å². The van der Waals surface area contributed by atoms with Crippen molar-refractivity contribution in [3.05, 3.63) is 34.9 Å². The summed E-state index contributed by atoms with van der Waals surface area (Å²) in [6.07, 6.45) is 0. The Morgan fingerprint density at radius 3 is 2.71 bits per heavy atom. The SMILES string of the molecule is C/C(=N\NC(=S)NC(C)C)c1cccc(Cl)c1. The van der Waals surface area contributed by atoms with Gasteiger partial charge in [-0.1, -0.05) is 23.7 Å². The van der Waals surface area contributed by atoms with Crippen LogP contribution < -0.4 is 10.7 Å². The molecule has 0 bridgehead atoms. The third-order valence-electron chi connectivity index (χ3n) is 1.99. The number of nitrogens with zero attached hydrogens (tertiary/aromatic N) is 1. The average molecular weight is 270 g/mol. The zero-order valence-corrected chi connectivity index (χ0v) is 11.7. The summed E-state index contributed by atoms with van der Waals surface area (Å²) in [5.41, 5.74) is 4.60. The highest BCUT2D eigenvalue weighted by Gasteiger charge is 2.00. The van der Waals surface area contributed by atoms with Gasteiger partial charge in [0.2, 0.25) is 0 Å². The first-order chi connectivity index (χ1) is 7.99. The van der Waals surface area contributed by atoms with Crippen molar-refractivity contribution in [2.45, 2.75) is 26.8 Å². The molecule has 0 aliphatic heterocycles. The number of halogens is 1. The molecule has 0 fully saturated rings. The van der Waals surface area contributed by atoms with E-state index >= 15 is 0 Å². The fraction of sp³-hybridized carbons (Fsp3) is 0.333. The van der Waals surface area contributed by atoms with E-state index < -0.39 is 0 Å². The maximum absolute atomic E-state index is 5.91. The van der Waals surface area contributed by atoms with Crippen molar-refractivity contribution in [3.8, 4) is 0 Å². The van der Waals surface area contributed by atoms with Crippen LogP contribution in [0.1, 0.15) is 26.3 Å². The summed E-state index contributed by atoms with van der Waals surface area (Å²) >= 11 is 11.0. The number of hydrazone groups is 1. The molecule has 0 unspecified atom stereocenters. The van der Waals surface area contributed by atoms with Gasteiger partial charge < -0.3 is 5.32 Å². The van der Waals surface area contributed by atoms with E-state index in [0.717, 1.165) is 11.3 Å². The van der Waals surface area contributed by atoms with Crippen LogP contribution >= 0.6 is 23.8 Å². The molecule has 1 aromatic rings. The van der Waals surface area contributed by atoms with Gasteiger partial charge in [0.15, 0.2) is 5.11 Å². The lowest BCUT2D eigenvalue weighted by atomic mass is 10.1. The van der Waals surface area contributed by atoms with Gasteiger partial charge in [-0.15, -0.1) is 0 Å². The standard InChI is InChI=1S/C12H16ClN3S/c1-8(2)14-12(17)16-15-9(3)10-5-4-6-11(13)7-10/h4-8H,1-3H3,(H2,14,16,17)/b15-9+. The predicted octanol–water partition coefficient (Wildman–Crippen LogP) is 2.94. The Balaban J connectivity index is 2.64. The first-order valence-corrected chi connectivity index (χ1v) is 6.14. The van der Waals surface area contributed by atoms with Gasteiger partial charge in [-0.05, 0) is 50.7 Å². The molecule has 5 heteroatoms. The molecule has 0 aliphatic carbocycles. The summed E-state index contributed by atoms with van der Waals surface area (Å²) < 4.78 is 0. The second kappa shape index (κ2) is 6.57. The lowest BCUT2D eigenvalue weighted by Crippen LogP contribution is -2.37. The Morgan fingerprint density at radius 1 is 1.41 bits per heavy atom. The van der Waals surface area contributed by atoms with Crippen LogP contribution in [0.15, 0.2) is 29.4 Å². The quantitative estimate of drug-likeness (QED) is 0.503. The van der Waals surface area contributed by atoms with Crippen molar-refractivity contribution in [2.75, 3.05) is 0 Å². The fourth-order valence-electron chi connectivity index (χ4n) is 1.21. The van der Waals surface area contributed by atoms with E-state index in [1.807, 2.05) is 45.0 Å². The summed E-state index contributed by atoms with van der Waals surface area (Å²) in [7, 11) is 0. The highest BCUT2D eigenvalue weighted by atomic mass is 35.5. The van der Waals surface area contributed by atoms with E-state index in [1.165, 1.54) is 0 Å². The minimum Gasteiger partial charge on any atom is -0.359 e. The smallest absolute Gasteiger partial charge is 0.187 e. The summed E-state index contributed by atoms with van der Waals surface area (Å²) in [5.74, 6) is 0. The van der Waals surface area contributed by atoms with Crippen LogP contribution in [0.3, 0.4) is 0 Å². The molecule has 1 rings (SSSR count). The van der Waals surface area contributed by atoms with E-state index in [9.17, 15) is 0 Å². The zero-order chi connectivity index (χ0) is 12.8. The maximum Gasteiger partial charge on any atom is 0.187 e. The molecule has 0 atom stereocenters. The third-order valence-corrected chi connectivity index (χ3v) is 2.43. The van der Waals surface area contributed by atoms with E-state index in [0.29, 0.717) is 10.1 Å². The van der Waals surface area contributed by atoms with Gasteiger partial charge in [-0.3, -0.25) is 5.43 Å². The predicted molar refractivity (Wildman–Crippen MR) is 77.7 cm³/mol. The Labute approximate surface area is 112 Å². The van der Waals surface area contributed by atoms with E-state index in [4.69, 9.17) is 23.8 Å². The van der Waals surface area contributed by atoms with Crippen LogP contribution in [0.5, 0.6) is 0 Å². The molecular weight excluding hydrogens is 254 g/mol. The van der Waals surface area contributed by atoms with Crippen molar-refractivity contribution in [3.63, 3.8) is 0 Å². The van der Waals surface area contributed by atoms with Crippen molar-refractivity contribution in [2.24, 2.45) is 5.10 Å². The molecule has 0 saturated carbocycles. The van der Waals surface area contributed by atoms with Gasteiger partial charge in [-0.2, -0.15) is 5.10 Å². The van der Waals surface area contributed by atoms with Crippen molar-refractivity contribution >= 4 is 34.6 Å². The van der Waals surface area contributed by atoms with Gasteiger partial charge in [-0.25, -0.2) is 0 Å². The van der Waals surface area contributed by atoms with Crippen LogP contribution in [-0.4, -0.2) is 16.9 Å². The fourth-order valence-corrected chi connectivity index (χ4v) is 1.68. The molecule has 1 aromatic carbocycles. The molecule has 92 valence electrons. The molecule has 2 N–H and O–H groups in total. The van der Waals surface area contributed by atoms with E-state index in [2.05, 4.69) is 15.8 Å². The monoisotopic (exact) mass is 269 g/mol. The van der Waals surface area contributed by atoms with Gasteiger partial charge in [0.05, 0.1) is 5.71 Å². The van der Waals surface area contributed by atoms with Crippen LogP contribution in [0.2, 0.25) is 5.02 Å². The first kappa shape index (κ1) is 13.9. The lowest BCUT2D eigenvalue weighted by molar-refractivity contribution is 0.719. The molecule has 0 saturated heterocycles. The topological polar surface area (TPSA) is 36.4 Å². The minimum absolute atomic E-state index is 0.289. The van der Waals surface area contributed by atoms with Crippen LogP contribution in [-0.2, 0) is 0 Å².